The summed E-state index contributed by atoms with van der Waals surface area (Å²) < 4.78 is 14.8. The van der Waals surface area contributed by atoms with E-state index in [0.717, 1.165) is 22.8 Å². The van der Waals surface area contributed by atoms with Gasteiger partial charge in [0, 0.05) is 24.8 Å². The first-order valence-electron chi connectivity index (χ1n) is 5.11. The lowest BCUT2D eigenvalue weighted by Gasteiger charge is -2.02. The van der Waals surface area contributed by atoms with Gasteiger partial charge in [0.15, 0.2) is 0 Å². The monoisotopic (exact) mass is 219 g/mol. The topological polar surface area (TPSA) is 43.8 Å². The fourth-order valence-electron chi connectivity index (χ4n) is 1.69. The van der Waals surface area contributed by atoms with E-state index in [1.54, 1.807) is 12.1 Å². The molecule has 0 saturated carbocycles. The third-order valence-corrected chi connectivity index (χ3v) is 2.78. The first kappa shape index (κ1) is 10.8. The summed E-state index contributed by atoms with van der Waals surface area (Å²) in [6, 6.07) is 6.30. The van der Waals surface area contributed by atoms with Gasteiger partial charge in [-0.05, 0) is 31.2 Å². The van der Waals surface area contributed by atoms with E-state index < -0.39 is 0 Å². The average molecular weight is 219 g/mol. The molecule has 0 atom stereocenters. The quantitative estimate of drug-likeness (QED) is 0.839. The minimum absolute atomic E-state index is 0.242. The van der Waals surface area contributed by atoms with Crippen molar-refractivity contribution in [2.24, 2.45) is 12.8 Å². The number of benzene rings is 1. The molecule has 4 heteroatoms. The highest BCUT2D eigenvalue weighted by Gasteiger charge is 2.11. The van der Waals surface area contributed by atoms with E-state index in [2.05, 4.69) is 4.98 Å². The Kier molecular flexibility index (Phi) is 2.75. The fraction of sp³-hybridized carbons (Fsp3) is 0.250. The van der Waals surface area contributed by atoms with Crippen LogP contribution >= 0.6 is 0 Å². The maximum absolute atomic E-state index is 12.8. The molecular weight excluding hydrogens is 205 g/mol. The van der Waals surface area contributed by atoms with Crippen molar-refractivity contribution in [1.29, 1.82) is 0 Å². The normalized spacial score (nSPS) is 10.8. The van der Waals surface area contributed by atoms with E-state index in [9.17, 15) is 4.39 Å². The molecule has 0 saturated heterocycles. The van der Waals surface area contributed by atoms with Crippen LogP contribution in [-0.2, 0) is 13.6 Å². The molecule has 2 N–H and O–H groups in total. The van der Waals surface area contributed by atoms with Gasteiger partial charge in [-0.25, -0.2) is 9.37 Å². The first-order valence-corrected chi connectivity index (χ1v) is 5.11. The highest BCUT2D eigenvalue weighted by Crippen LogP contribution is 2.21. The Morgan fingerprint density at radius 3 is 2.44 bits per heavy atom. The lowest BCUT2D eigenvalue weighted by molar-refractivity contribution is 0.628. The molecule has 1 heterocycles. The molecular formula is C12H14FN3. The summed E-state index contributed by atoms with van der Waals surface area (Å²) in [6.45, 7) is 2.39. The molecule has 3 nitrogen and oxygen atoms in total. The van der Waals surface area contributed by atoms with Crippen LogP contribution in [0.1, 0.15) is 11.4 Å². The van der Waals surface area contributed by atoms with E-state index in [0.29, 0.717) is 6.54 Å². The summed E-state index contributed by atoms with van der Waals surface area (Å²) >= 11 is 0. The molecule has 0 radical (unpaired) electrons. The van der Waals surface area contributed by atoms with E-state index in [-0.39, 0.29) is 5.82 Å². The molecule has 84 valence electrons. The molecule has 0 aliphatic rings. The summed E-state index contributed by atoms with van der Waals surface area (Å²) in [6.07, 6.45) is 0. The molecule has 0 bridgehead atoms. The number of nitrogens with two attached hydrogens (primary N) is 1. The Morgan fingerprint density at radius 2 is 1.94 bits per heavy atom. The van der Waals surface area contributed by atoms with Crippen molar-refractivity contribution in [2.75, 3.05) is 0 Å². The van der Waals surface area contributed by atoms with Gasteiger partial charge in [-0.1, -0.05) is 0 Å². The van der Waals surface area contributed by atoms with Crippen molar-refractivity contribution in [3.63, 3.8) is 0 Å². The molecule has 0 aliphatic carbocycles. The van der Waals surface area contributed by atoms with Crippen LogP contribution in [0.15, 0.2) is 24.3 Å². The number of aromatic nitrogens is 2. The van der Waals surface area contributed by atoms with Gasteiger partial charge in [-0.15, -0.1) is 0 Å². The summed E-state index contributed by atoms with van der Waals surface area (Å²) in [5, 5.41) is 0. The number of nitrogens with zero attached hydrogens (tertiary/aromatic N) is 2. The molecule has 0 aliphatic heterocycles. The SMILES string of the molecule is Cc1c(CN)nc(-c2ccc(F)cc2)n1C. The molecule has 1 aromatic carbocycles. The van der Waals surface area contributed by atoms with Crippen LogP contribution in [0.25, 0.3) is 11.4 Å². The van der Waals surface area contributed by atoms with Crippen molar-refractivity contribution < 1.29 is 4.39 Å². The second-order valence-electron chi connectivity index (χ2n) is 3.74. The van der Waals surface area contributed by atoms with Crippen LogP contribution < -0.4 is 5.73 Å². The Hall–Kier alpha value is -1.68. The Balaban J connectivity index is 2.52. The zero-order valence-electron chi connectivity index (χ0n) is 9.37. The molecule has 1 aromatic heterocycles. The third-order valence-electron chi connectivity index (χ3n) is 2.78. The zero-order valence-corrected chi connectivity index (χ0v) is 9.37. The first-order chi connectivity index (χ1) is 7.63. The molecule has 0 unspecified atom stereocenters. The largest absolute Gasteiger partial charge is 0.331 e. The molecule has 2 rings (SSSR count). The van der Waals surface area contributed by atoms with Crippen LogP contribution in [0, 0.1) is 12.7 Å². The van der Waals surface area contributed by atoms with Crippen LogP contribution in [0.4, 0.5) is 4.39 Å². The van der Waals surface area contributed by atoms with Crippen molar-refractivity contribution >= 4 is 0 Å². The Labute approximate surface area is 93.7 Å². The zero-order chi connectivity index (χ0) is 11.7. The van der Waals surface area contributed by atoms with E-state index in [1.807, 2.05) is 18.5 Å². The Morgan fingerprint density at radius 1 is 1.31 bits per heavy atom. The van der Waals surface area contributed by atoms with Crippen LogP contribution in [0.3, 0.4) is 0 Å². The summed E-state index contributed by atoms with van der Waals surface area (Å²) in [4.78, 5) is 4.44. The average Bonchev–Trinajstić information content (AvgIpc) is 2.57. The summed E-state index contributed by atoms with van der Waals surface area (Å²) in [5.41, 5.74) is 8.41. The van der Waals surface area contributed by atoms with Gasteiger partial charge in [-0.2, -0.15) is 0 Å². The molecule has 16 heavy (non-hydrogen) atoms. The van der Waals surface area contributed by atoms with Gasteiger partial charge in [0.25, 0.3) is 0 Å². The highest BCUT2D eigenvalue weighted by molar-refractivity contribution is 5.56. The lowest BCUT2D eigenvalue weighted by Crippen LogP contribution is -1.99. The van der Waals surface area contributed by atoms with Crippen molar-refractivity contribution in [3.05, 3.63) is 41.5 Å². The second-order valence-corrected chi connectivity index (χ2v) is 3.74. The highest BCUT2D eigenvalue weighted by atomic mass is 19.1. The lowest BCUT2D eigenvalue weighted by atomic mass is 10.2. The number of hydrogen-bond acceptors (Lipinski definition) is 2. The number of imidazole rings is 1. The molecule has 0 fully saturated rings. The van der Waals surface area contributed by atoms with E-state index >= 15 is 0 Å². The number of hydrogen-bond donors (Lipinski definition) is 1. The van der Waals surface area contributed by atoms with Crippen molar-refractivity contribution in [1.82, 2.24) is 9.55 Å². The standard InChI is InChI=1S/C12H14FN3/c1-8-11(7-14)15-12(16(8)2)9-3-5-10(13)6-4-9/h3-6H,7,14H2,1-2H3. The summed E-state index contributed by atoms with van der Waals surface area (Å²) in [7, 11) is 1.93. The Bertz CT molecular complexity index is 500. The van der Waals surface area contributed by atoms with Gasteiger partial charge in [0.05, 0.1) is 5.69 Å². The van der Waals surface area contributed by atoms with Crippen LogP contribution in [0.5, 0.6) is 0 Å². The second kappa shape index (κ2) is 4.06. The summed E-state index contributed by atoms with van der Waals surface area (Å²) in [5.74, 6) is 0.576. The minimum atomic E-state index is -0.242. The van der Waals surface area contributed by atoms with E-state index in [4.69, 9.17) is 5.73 Å². The van der Waals surface area contributed by atoms with Gasteiger partial charge >= 0.3 is 0 Å². The van der Waals surface area contributed by atoms with Crippen molar-refractivity contribution in [2.45, 2.75) is 13.5 Å². The maximum Gasteiger partial charge on any atom is 0.140 e. The predicted molar refractivity (Wildman–Crippen MR) is 61.2 cm³/mol. The fourth-order valence-corrected chi connectivity index (χ4v) is 1.69. The predicted octanol–water partition coefficient (Wildman–Crippen LogP) is 1.99. The number of rotatable bonds is 2. The van der Waals surface area contributed by atoms with Gasteiger partial charge in [0.2, 0.25) is 0 Å². The van der Waals surface area contributed by atoms with Crippen LogP contribution in [-0.4, -0.2) is 9.55 Å². The molecule has 0 spiro atoms. The molecule has 0 amide bonds. The number of halogens is 1. The smallest absolute Gasteiger partial charge is 0.140 e. The van der Waals surface area contributed by atoms with Gasteiger partial charge < -0.3 is 10.3 Å². The van der Waals surface area contributed by atoms with Gasteiger partial charge in [0.1, 0.15) is 11.6 Å². The van der Waals surface area contributed by atoms with E-state index in [1.165, 1.54) is 12.1 Å². The van der Waals surface area contributed by atoms with Crippen molar-refractivity contribution in [3.8, 4) is 11.4 Å². The third kappa shape index (κ3) is 1.72. The van der Waals surface area contributed by atoms with Crippen LogP contribution in [0.2, 0.25) is 0 Å². The molecule has 2 aromatic rings. The minimum Gasteiger partial charge on any atom is -0.331 e. The maximum atomic E-state index is 12.8. The van der Waals surface area contributed by atoms with Gasteiger partial charge in [-0.3, -0.25) is 0 Å².